The third-order valence-electron chi connectivity index (χ3n) is 7.26. The maximum absolute atomic E-state index is 13.3. The lowest BCUT2D eigenvalue weighted by Gasteiger charge is -2.31. The van der Waals surface area contributed by atoms with E-state index in [-0.39, 0.29) is 5.75 Å². The second-order valence-corrected chi connectivity index (χ2v) is 12.3. The van der Waals surface area contributed by atoms with E-state index in [2.05, 4.69) is 25.5 Å². The Hall–Kier alpha value is -2.26. The van der Waals surface area contributed by atoms with Crippen molar-refractivity contribution in [2.45, 2.75) is 64.2 Å². The quantitative estimate of drug-likeness (QED) is 0.113. The monoisotopic (exact) mass is 547 g/mol. The van der Waals surface area contributed by atoms with E-state index in [1.165, 1.54) is 19.3 Å². The van der Waals surface area contributed by atoms with Crippen LogP contribution in [0.1, 0.15) is 64.2 Å². The fourth-order valence-corrected chi connectivity index (χ4v) is 6.77. The summed E-state index contributed by atoms with van der Waals surface area (Å²) in [5.41, 5.74) is 0.800. The summed E-state index contributed by atoms with van der Waals surface area (Å²) in [6, 6.07) is 3.60. The normalized spacial score (nSPS) is 17.8. The van der Waals surface area contributed by atoms with Gasteiger partial charge in [0.2, 0.25) is 16.0 Å². The molecule has 11 heteroatoms. The molecule has 10 nitrogen and oxygen atoms in total. The molecule has 1 saturated carbocycles. The molecule has 0 unspecified atom stereocenters. The number of nitrogens with zero attached hydrogens (tertiary/aromatic N) is 5. The standard InChI is InChI=1S/C27H45N7O3S/c28-24-31-27(32-26-11-14-29-15-12-26)30-13-6-1-2-7-22-38(35,36)34(23-25-9-4-3-5-10-25)17-8-16-33-18-20-37-21-19-33/h11-12,14-15,25H,1-10,13,16-23H2,(H2,29,30,31,32). The summed E-state index contributed by atoms with van der Waals surface area (Å²) in [6.45, 7) is 6.20. The van der Waals surface area contributed by atoms with Crippen LogP contribution in [0.3, 0.4) is 0 Å². The van der Waals surface area contributed by atoms with Crippen molar-refractivity contribution in [1.29, 1.82) is 5.26 Å². The van der Waals surface area contributed by atoms with E-state index in [1.54, 1.807) is 28.8 Å². The second-order valence-electron chi connectivity index (χ2n) is 10.2. The van der Waals surface area contributed by atoms with Crippen LogP contribution in [0.4, 0.5) is 5.69 Å². The fourth-order valence-electron chi connectivity index (χ4n) is 5.10. The van der Waals surface area contributed by atoms with E-state index in [0.29, 0.717) is 37.9 Å². The number of unbranched alkanes of at least 4 members (excludes halogenated alkanes) is 3. The number of rotatable bonds is 15. The summed E-state index contributed by atoms with van der Waals surface area (Å²) in [4.78, 5) is 10.8. The first kappa shape index (κ1) is 30.3. The highest BCUT2D eigenvalue weighted by Crippen LogP contribution is 2.25. The molecule has 0 bridgehead atoms. The lowest BCUT2D eigenvalue weighted by molar-refractivity contribution is 0.0367. The van der Waals surface area contributed by atoms with Gasteiger partial charge < -0.3 is 10.1 Å². The van der Waals surface area contributed by atoms with Crippen LogP contribution in [0.25, 0.3) is 0 Å². The van der Waals surface area contributed by atoms with Crippen LogP contribution in [-0.4, -0.2) is 86.8 Å². The van der Waals surface area contributed by atoms with E-state index in [4.69, 9.17) is 10.00 Å². The maximum Gasteiger partial charge on any atom is 0.214 e. The number of anilines is 1. The number of guanidine groups is 1. The number of aliphatic imine (C=N–C) groups is 1. The molecule has 1 aliphatic carbocycles. The Kier molecular flexibility index (Phi) is 13.8. The number of hydrogen-bond donors (Lipinski definition) is 2. The molecule has 0 radical (unpaired) electrons. The zero-order valence-electron chi connectivity index (χ0n) is 22.7. The third kappa shape index (κ3) is 11.6. The van der Waals surface area contributed by atoms with E-state index in [0.717, 1.165) is 77.1 Å². The molecule has 2 heterocycles. The van der Waals surface area contributed by atoms with Crippen LogP contribution in [-0.2, 0) is 14.8 Å². The molecule has 0 atom stereocenters. The summed E-state index contributed by atoms with van der Waals surface area (Å²) < 4.78 is 33.9. The molecule has 1 aromatic heterocycles. The number of hydrogen-bond acceptors (Lipinski definition) is 7. The number of pyridine rings is 1. The molecule has 0 aromatic carbocycles. The van der Waals surface area contributed by atoms with Gasteiger partial charge in [-0.1, -0.05) is 32.1 Å². The highest BCUT2D eigenvalue weighted by Gasteiger charge is 2.26. The summed E-state index contributed by atoms with van der Waals surface area (Å²) in [5.74, 6) is 1.11. The third-order valence-corrected chi connectivity index (χ3v) is 9.19. The zero-order valence-corrected chi connectivity index (χ0v) is 23.5. The van der Waals surface area contributed by atoms with Crippen LogP contribution < -0.4 is 10.6 Å². The van der Waals surface area contributed by atoms with Gasteiger partial charge in [-0.25, -0.2) is 12.7 Å². The number of aromatic nitrogens is 1. The molecular weight excluding hydrogens is 502 g/mol. The summed E-state index contributed by atoms with van der Waals surface area (Å²) >= 11 is 0. The fraction of sp³-hybridized carbons (Fsp3) is 0.741. The van der Waals surface area contributed by atoms with Gasteiger partial charge in [0.25, 0.3) is 0 Å². The number of nitriles is 1. The van der Waals surface area contributed by atoms with Gasteiger partial charge in [0, 0.05) is 50.8 Å². The lowest BCUT2D eigenvalue weighted by Crippen LogP contribution is -2.41. The summed E-state index contributed by atoms with van der Waals surface area (Å²) in [5, 5.41) is 14.6. The number of nitrogens with one attached hydrogen (secondary N) is 2. The van der Waals surface area contributed by atoms with Crippen LogP contribution in [0, 0.1) is 17.4 Å². The molecule has 38 heavy (non-hydrogen) atoms. The molecular formula is C27H45N7O3S. The lowest BCUT2D eigenvalue weighted by atomic mass is 9.89. The number of ether oxygens (including phenoxy) is 1. The Morgan fingerprint density at radius 3 is 2.58 bits per heavy atom. The Bertz CT molecular complexity index is 957. The van der Waals surface area contributed by atoms with E-state index in [9.17, 15) is 8.42 Å². The SMILES string of the molecule is N#CNC(=NCCCCCCS(=O)(=O)N(CCCN1CCOCC1)CC1CCCCC1)Nc1ccncc1. The highest BCUT2D eigenvalue weighted by molar-refractivity contribution is 7.89. The van der Waals surface area contributed by atoms with Crippen LogP contribution in [0.5, 0.6) is 0 Å². The van der Waals surface area contributed by atoms with Gasteiger partial charge >= 0.3 is 0 Å². The van der Waals surface area contributed by atoms with Crippen molar-refractivity contribution in [1.82, 2.24) is 19.5 Å². The molecule has 2 aliphatic rings. The van der Waals surface area contributed by atoms with E-state index in [1.807, 2.05) is 6.19 Å². The summed E-state index contributed by atoms with van der Waals surface area (Å²) in [7, 11) is -3.27. The number of sulfonamides is 1. The van der Waals surface area contributed by atoms with Gasteiger partial charge in [-0.2, -0.15) is 5.26 Å². The Labute approximate surface area is 228 Å². The van der Waals surface area contributed by atoms with E-state index >= 15 is 0 Å². The highest BCUT2D eigenvalue weighted by atomic mass is 32.2. The van der Waals surface area contributed by atoms with Crippen molar-refractivity contribution in [3.63, 3.8) is 0 Å². The Morgan fingerprint density at radius 2 is 1.84 bits per heavy atom. The van der Waals surface area contributed by atoms with Crippen molar-refractivity contribution < 1.29 is 13.2 Å². The van der Waals surface area contributed by atoms with Crippen molar-refractivity contribution in [3.05, 3.63) is 24.5 Å². The molecule has 2 N–H and O–H groups in total. The molecule has 3 rings (SSSR count). The molecule has 1 aromatic rings. The van der Waals surface area contributed by atoms with Gasteiger partial charge in [-0.3, -0.25) is 20.2 Å². The molecule has 0 amide bonds. The molecule has 1 aliphatic heterocycles. The average molecular weight is 548 g/mol. The first-order valence-corrected chi connectivity index (χ1v) is 15.8. The second kappa shape index (κ2) is 17.4. The Balaban J connectivity index is 1.40. The largest absolute Gasteiger partial charge is 0.379 e. The van der Waals surface area contributed by atoms with Crippen molar-refractivity contribution in [2.24, 2.45) is 10.9 Å². The van der Waals surface area contributed by atoms with Gasteiger partial charge in [0.1, 0.15) is 0 Å². The number of morpholine rings is 1. The van der Waals surface area contributed by atoms with Crippen molar-refractivity contribution in [3.8, 4) is 6.19 Å². The minimum atomic E-state index is -3.27. The van der Waals surface area contributed by atoms with Gasteiger partial charge in [-0.05, 0) is 56.7 Å². The zero-order chi connectivity index (χ0) is 26.9. The smallest absolute Gasteiger partial charge is 0.214 e. The van der Waals surface area contributed by atoms with Gasteiger partial charge in [0.15, 0.2) is 6.19 Å². The van der Waals surface area contributed by atoms with Crippen LogP contribution in [0.15, 0.2) is 29.5 Å². The molecule has 1 saturated heterocycles. The van der Waals surface area contributed by atoms with E-state index < -0.39 is 10.0 Å². The Morgan fingerprint density at radius 1 is 1.11 bits per heavy atom. The maximum atomic E-state index is 13.3. The summed E-state index contributed by atoms with van der Waals surface area (Å²) in [6.07, 6.45) is 15.4. The molecule has 0 spiro atoms. The van der Waals surface area contributed by atoms with Crippen LogP contribution in [0.2, 0.25) is 0 Å². The topological polar surface area (TPSA) is 123 Å². The first-order valence-electron chi connectivity index (χ1n) is 14.2. The van der Waals surface area contributed by atoms with Crippen LogP contribution >= 0.6 is 0 Å². The minimum Gasteiger partial charge on any atom is -0.379 e. The van der Waals surface area contributed by atoms with Crippen molar-refractivity contribution >= 4 is 21.7 Å². The van der Waals surface area contributed by atoms with Gasteiger partial charge in [0.05, 0.1) is 19.0 Å². The predicted octanol–water partition coefficient (Wildman–Crippen LogP) is 3.41. The first-order chi connectivity index (χ1) is 18.6. The molecule has 212 valence electrons. The predicted molar refractivity (Wildman–Crippen MR) is 151 cm³/mol. The average Bonchev–Trinajstić information content (AvgIpc) is 2.94. The van der Waals surface area contributed by atoms with Gasteiger partial charge in [-0.15, -0.1) is 0 Å². The minimum absolute atomic E-state index is 0.214. The molecule has 2 fully saturated rings. The van der Waals surface area contributed by atoms with Crippen molar-refractivity contribution in [2.75, 3.05) is 63.6 Å².